The number of carbonyl (C=O) groups is 3. The number of hydrogen-bond acceptors (Lipinski definition) is 6. The summed E-state index contributed by atoms with van der Waals surface area (Å²) >= 11 is 0. The summed E-state index contributed by atoms with van der Waals surface area (Å²) in [5, 5.41) is 20.5. The number of nitrogens with one attached hydrogen (secondary N) is 1. The number of halogens is 3. The largest absolute Gasteiger partial charge is 0.542 e. The van der Waals surface area contributed by atoms with Gasteiger partial charge in [0.05, 0.1) is 34.2 Å². The Kier molecular flexibility index (Phi) is 13.8. The van der Waals surface area contributed by atoms with Crippen LogP contribution in [0.5, 0.6) is 5.75 Å². The van der Waals surface area contributed by atoms with E-state index >= 15 is 0 Å². The number of quaternary nitrogens is 1. The maximum absolute atomic E-state index is 11.8. The van der Waals surface area contributed by atoms with E-state index in [4.69, 9.17) is 25.5 Å². The standard InChI is InChI=1S/C20H33N3O4.C2HF3O2/c1-23(2,3)13-6-4-5-7-19(24)22-12-14-27-17-10-8-16(9-11-17)15-18(21)20(25)26;3-2(4,5)1(6)7/h8-11,18H,4-7,12-15,21H2,1-3H3,(H-,22,24,25,26);(H,6,7)/t18-;/m0./s1. The monoisotopic (exact) mass is 493 g/mol. The first-order valence-electron chi connectivity index (χ1n) is 10.7. The zero-order valence-corrected chi connectivity index (χ0v) is 19.7. The zero-order valence-electron chi connectivity index (χ0n) is 19.7. The molecule has 1 rings (SSSR count). The predicted molar refractivity (Wildman–Crippen MR) is 117 cm³/mol. The van der Waals surface area contributed by atoms with Crippen LogP contribution in [0.15, 0.2) is 24.3 Å². The number of hydrogen-bond donors (Lipinski definition) is 3. The normalized spacial score (nSPS) is 12.2. The quantitative estimate of drug-likeness (QED) is 0.271. The van der Waals surface area contributed by atoms with Crippen molar-refractivity contribution in [2.24, 2.45) is 5.73 Å². The number of carbonyl (C=O) groups excluding carboxylic acids is 2. The molecule has 9 nitrogen and oxygen atoms in total. The van der Waals surface area contributed by atoms with Crippen molar-refractivity contribution in [3.63, 3.8) is 0 Å². The van der Waals surface area contributed by atoms with E-state index in [0.717, 1.165) is 35.9 Å². The summed E-state index contributed by atoms with van der Waals surface area (Å²) in [6, 6.07) is 6.25. The van der Waals surface area contributed by atoms with Crippen LogP contribution in [0.2, 0.25) is 0 Å². The molecule has 0 aliphatic carbocycles. The Balaban J connectivity index is 0.00000135. The van der Waals surface area contributed by atoms with Crippen LogP contribution in [0.1, 0.15) is 31.2 Å². The molecule has 0 spiro atoms. The highest BCUT2D eigenvalue weighted by atomic mass is 19.4. The number of amides is 1. The lowest BCUT2D eigenvalue weighted by molar-refractivity contribution is -0.870. The molecule has 0 fully saturated rings. The van der Waals surface area contributed by atoms with Crippen molar-refractivity contribution < 1.29 is 47.0 Å². The van der Waals surface area contributed by atoms with Crippen LogP contribution in [-0.4, -0.2) is 80.5 Å². The molecule has 0 radical (unpaired) electrons. The summed E-state index contributed by atoms with van der Waals surface area (Å²) in [6.07, 6.45) is -1.26. The molecule has 12 heteroatoms. The summed E-state index contributed by atoms with van der Waals surface area (Å²) in [5.74, 6) is -3.29. The second-order valence-corrected chi connectivity index (χ2v) is 8.60. The number of nitrogens with two attached hydrogens (primary N) is 1. The molecule has 1 aromatic rings. The Morgan fingerprint density at radius 2 is 1.68 bits per heavy atom. The molecule has 34 heavy (non-hydrogen) atoms. The third kappa shape index (κ3) is 16.7. The van der Waals surface area contributed by atoms with Crippen LogP contribution in [0.4, 0.5) is 13.2 Å². The molecule has 0 saturated heterocycles. The lowest BCUT2D eigenvalue weighted by Crippen LogP contribution is -2.37. The number of aliphatic carboxylic acids is 2. The second kappa shape index (κ2) is 15.1. The molecule has 4 N–H and O–H groups in total. The van der Waals surface area contributed by atoms with Crippen molar-refractivity contribution in [3.05, 3.63) is 29.8 Å². The Labute approximate surface area is 197 Å². The minimum Gasteiger partial charge on any atom is -0.542 e. The first-order chi connectivity index (χ1) is 15.6. The van der Waals surface area contributed by atoms with E-state index < -0.39 is 24.2 Å². The van der Waals surface area contributed by atoms with E-state index in [0.29, 0.717) is 25.3 Å². The number of carboxylic acid groups (broad SMARTS) is 2. The van der Waals surface area contributed by atoms with Gasteiger partial charge in [-0.2, -0.15) is 13.2 Å². The lowest BCUT2D eigenvalue weighted by Gasteiger charge is -2.23. The maximum atomic E-state index is 11.8. The van der Waals surface area contributed by atoms with Gasteiger partial charge in [-0.3, -0.25) is 9.59 Å². The molecule has 1 aromatic carbocycles. The van der Waals surface area contributed by atoms with Gasteiger partial charge in [-0.15, -0.1) is 0 Å². The van der Waals surface area contributed by atoms with Crippen molar-refractivity contribution >= 4 is 17.8 Å². The van der Waals surface area contributed by atoms with E-state index in [9.17, 15) is 22.8 Å². The van der Waals surface area contributed by atoms with Crippen molar-refractivity contribution in [2.75, 3.05) is 40.8 Å². The van der Waals surface area contributed by atoms with Crippen LogP contribution in [-0.2, 0) is 20.8 Å². The molecular weight excluding hydrogens is 459 g/mol. The Hall–Kier alpha value is -2.86. The minimum absolute atomic E-state index is 0.0573. The third-order valence-corrected chi connectivity index (χ3v) is 4.35. The van der Waals surface area contributed by atoms with Gasteiger partial charge in [0.15, 0.2) is 0 Å². The van der Waals surface area contributed by atoms with E-state index in [2.05, 4.69) is 26.5 Å². The molecule has 0 bridgehead atoms. The zero-order chi connectivity index (χ0) is 26.4. The summed E-state index contributed by atoms with van der Waals surface area (Å²) in [4.78, 5) is 31.3. The Bertz CT molecular complexity index is 765. The van der Waals surface area contributed by atoms with Gasteiger partial charge in [0, 0.05) is 6.42 Å². The van der Waals surface area contributed by atoms with Gasteiger partial charge in [-0.1, -0.05) is 12.1 Å². The highest BCUT2D eigenvalue weighted by Gasteiger charge is 2.28. The van der Waals surface area contributed by atoms with Gasteiger partial charge in [-0.05, 0) is 43.4 Å². The van der Waals surface area contributed by atoms with Crippen LogP contribution in [0.25, 0.3) is 0 Å². The SMILES string of the molecule is C[N+](C)(C)CCCCCC(=O)NCCOc1ccc(C[C@H](N)C(=O)O)cc1.O=C([O-])C(F)(F)F. The van der Waals surface area contributed by atoms with E-state index in [1.54, 1.807) is 24.3 Å². The summed E-state index contributed by atoms with van der Waals surface area (Å²) in [6.45, 7) is 1.97. The Morgan fingerprint density at radius 1 is 1.12 bits per heavy atom. The molecule has 0 aromatic heterocycles. The number of nitrogens with zero attached hydrogens (tertiary/aromatic N) is 1. The fraction of sp³-hybridized carbons (Fsp3) is 0.591. The van der Waals surface area contributed by atoms with Crippen molar-refractivity contribution in [2.45, 2.75) is 44.3 Å². The van der Waals surface area contributed by atoms with E-state index in [1.165, 1.54) is 0 Å². The fourth-order valence-electron chi connectivity index (χ4n) is 2.56. The van der Waals surface area contributed by atoms with Gasteiger partial charge in [0.1, 0.15) is 24.4 Å². The highest BCUT2D eigenvalue weighted by molar-refractivity contribution is 5.75. The molecule has 1 atom stereocenters. The predicted octanol–water partition coefficient (Wildman–Crippen LogP) is 0.701. The van der Waals surface area contributed by atoms with Crippen LogP contribution < -0.4 is 20.9 Å². The second-order valence-electron chi connectivity index (χ2n) is 8.60. The third-order valence-electron chi connectivity index (χ3n) is 4.35. The molecule has 0 aliphatic heterocycles. The van der Waals surface area contributed by atoms with Gasteiger partial charge in [0.25, 0.3) is 0 Å². The highest BCUT2D eigenvalue weighted by Crippen LogP contribution is 2.13. The molecule has 0 aliphatic rings. The van der Waals surface area contributed by atoms with Gasteiger partial charge in [-0.25, -0.2) is 0 Å². The summed E-state index contributed by atoms with van der Waals surface area (Å²) in [5.41, 5.74) is 6.36. The van der Waals surface area contributed by atoms with Gasteiger partial charge in [0.2, 0.25) is 5.91 Å². The number of carboxylic acids is 2. The molecule has 0 heterocycles. The lowest BCUT2D eigenvalue weighted by atomic mass is 10.1. The smallest absolute Gasteiger partial charge is 0.430 e. The first kappa shape index (κ1) is 31.1. The number of unbranched alkanes of at least 4 members (excludes halogenated alkanes) is 2. The number of rotatable bonds is 13. The molecule has 0 saturated carbocycles. The van der Waals surface area contributed by atoms with Gasteiger partial charge >= 0.3 is 12.1 Å². The van der Waals surface area contributed by atoms with Crippen LogP contribution >= 0.6 is 0 Å². The van der Waals surface area contributed by atoms with Crippen LogP contribution in [0.3, 0.4) is 0 Å². The van der Waals surface area contributed by atoms with Crippen molar-refractivity contribution in [1.29, 1.82) is 0 Å². The van der Waals surface area contributed by atoms with Crippen molar-refractivity contribution in [1.82, 2.24) is 5.32 Å². The topological polar surface area (TPSA) is 142 Å². The molecule has 194 valence electrons. The molecule has 0 unspecified atom stereocenters. The van der Waals surface area contributed by atoms with Crippen LogP contribution in [0, 0.1) is 0 Å². The average Bonchev–Trinajstić information content (AvgIpc) is 2.71. The Morgan fingerprint density at radius 3 is 2.15 bits per heavy atom. The molecule has 1 amide bonds. The average molecular weight is 494 g/mol. The summed E-state index contributed by atoms with van der Waals surface area (Å²) < 4.78 is 38.1. The summed E-state index contributed by atoms with van der Waals surface area (Å²) in [7, 11) is 6.52. The van der Waals surface area contributed by atoms with Crippen molar-refractivity contribution in [3.8, 4) is 5.75 Å². The first-order valence-corrected chi connectivity index (χ1v) is 10.7. The number of ether oxygens (including phenoxy) is 1. The fourth-order valence-corrected chi connectivity index (χ4v) is 2.56. The minimum atomic E-state index is -5.19. The number of benzene rings is 1. The number of alkyl halides is 3. The van der Waals surface area contributed by atoms with E-state index in [-0.39, 0.29) is 12.3 Å². The maximum Gasteiger partial charge on any atom is 0.430 e. The van der Waals surface area contributed by atoms with Gasteiger partial charge < -0.3 is 35.3 Å². The van der Waals surface area contributed by atoms with E-state index in [1.807, 2.05) is 0 Å². The molecular formula is C22H34F3N3O6.